The van der Waals surface area contributed by atoms with Gasteiger partial charge in [-0.2, -0.15) is 15.0 Å². The Kier molecular flexibility index (Phi) is 4.31. The zero-order valence-corrected chi connectivity index (χ0v) is 12.2. The molecule has 3 rings (SSSR count). The predicted molar refractivity (Wildman–Crippen MR) is 78.4 cm³/mol. The lowest BCUT2D eigenvalue weighted by Crippen LogP contribution is -2.24. The van der Waals surface area contributed by atoms with E-state index in [2.05, 4.69) is 25.3 Å². The van der Waals surface area contributed by atoms with Gasteiger partial charge in [-0.25, -0.2) is 4.98 Å². The van der Waals surface area contributed by atoms with E-state index in [0.717, 1.165) is 32.2 Å². The number of aromatic nitrogens is 5. The third kappa shape index (κ3) is 3.68. The Morgan fingerprint density at radius 3 is 2.76 bits per heavy atom. The van der Waals surface area contributed by atoms with E-state index < -0.39 is 0 Å². The molecule has 1 aliphatic rings. The average Bonchev–Trinajstić information content (AvgIpc) is 3.00. The smallest absolute Gasteiger partial charge is 0.241 e. The normalized spacial score (nSPS) is 22.2. The van der Waals surface area contributed by atoms with Gasteiger partial charge in [0.1, 0.15) is 6.33 Å². The summed E-state index contributed by atoms with van der Waals surface area (Å²) >= 11 is 5.94. The maximum atomic E-state index is 9.51. The summed E-state index contributed by atoms with van der Waals surface area (Å²) in [5, 5.41) is 12.9. The largest absolute Gasteiger partial charge is 0.393 e. The first-order valence-corrected chi connectivity index (χ1v) is 7.40. The van der Waals surface area contributed by atoms with Gasteiger partial charge in [0.25, 0.3) is 0 Å². The Morgan fingerprint density at radius 1 is 1.24 bits per heavy atom. The fraction of sp³-hybridized carbons (Fsp3) is 0.538. The molecule has 0 aliphatic heterocycles. The molecule has 21 heavy (non-hydrogen) atoms. The van der Waals surface area contributed by atoms with Gasteiger partial charge in [0.2, 0.25) is 17.2 Å². The lowest BCUT2D eigenvalue weighted by atomic mass is 9.87. The number of aliphatic hydroxyl groups is 1. The quantitative estimate of drug-likeness (QED) is 0.893. The van der Waals surface area contributed by atoms with Gasteiger partial charge >= 0.3 is 0 Å². The van der Waals surface area contributed by atoms with Crippen LogP contribution in [-0.2, 0) is 0 Å². The number of aliphatic hydroxyl groups excluding tert-OH is 1. The van der Waals surface area contributed by atoms with Crippen molar-refractivity contribution in [3.63, 3.8) is 0 Å². The molecule has 1 aliphatic carbocycles. The van der Waals surface area contributed by atoms with Crippen molar-refractivity contribution in [2.45, 2.75) is 31.8 Å². The van der Waals surface area contributed by atoms with Crippen molar-refractivity contribution in [1.82, 2.24) is 24.5 Å². The van der Waals surface area contributed by atoms with Crippen LogP contribution in [0.4, 0.5) is 5.95 Å². The van der Waals surface area contributed by atoms with Crippen LogP contribution in [0.1, 0.15) is 25.7 Å². The Bertz CT molecular complexity index is 582. The Hall–Kier alpha value is -1.73. The number of halogens is 1. The summed E-state index contributed by atoms with van der Waals surface area (Å²) in [5.41, 5.74) is 0. The summed E-state index contributed by atoms with van der Waals surface area (Å²) in [6.07, 6.45) is 8.63. The third-order valence-electron chi connectivity index (χ3n) is 3.70. The molecule has 0 aromatic carbocycles. The molecule has 2 aromatic heterocycles. The summed E-state index contributed by atoms with van der Waals surface area (Å²) in [4.78, 5) is 16.5. The molecule has 0 saturated heterocycles. The van der Waals surface area contributed by atoms with Gasteiger partial charge in [-0.15, -0.1) is 0 Å². The van der Waals surface area contributed by atoms with Gasteiger partial charge in [-0.1, -0.05) is 0 Å². The summed E-state index contributed by atoms with van der Waals surface area (Å²) in [6.45, 7) is 0.774. The first-order chi connectivity index (χ1) is 10.2. The molecule has 0 amide bonds. The van der Waals surface area contributed by atoms with Crippen LogP contribution >= 0.6 is 11.6 Å². The van der Waals surface area contributed by atoms with E-state index in [1.54, 1.807) is 23.3 Å². The summed E-state index contributed by atoms with van der Waals surface area (Å²) < 4.78 is 1.68. The van der Waals surface area contributed by atoms with Crippen LogP contribution in [0, 0.1) is 5.92 Å². The second-order valence-corrected chi connectivity index (χ2v) is 5.59. The van der Waals surface area contributed by atoms with Crippen molar-refractivity contribution in [2.75, 3.05) is 11.9 Å². The molecule has 0 spiro atoms. The molecule has 0 radical (unpaired) electrons. The van der Waals surface area contributed by atoms with Crippen LogP contribution < -0.4 is 5.32 Å². The molecule has 2 N–H and O–H groups in total. The molecule has 1 saturated carbocycles. The topological polar surface area (TPSA) is 88.8 Å². The molecule has 0 atom stereocenters. The van der Waals surface area contributed by atoms with Gasteiger partial charge in [-0.05, 0) is 43.2 Å². The molecule has 8 heteroatoms. The molecule has 2 heterocycles. The molecule has 0 unspecified atom stereocenters. The molecule has 7 nitrogen and oxygen atoms in total. The Balaban J connectivity index is 1.65. The first-order valence-electron chi connectivity index (χ1n) is 7.02. The zero-order valence-electron chi connectivity index (χ0n) is 11.5. The van der Waals surface area contributed by atoms with E-state index in [9.17, 15) is 5.11 Å². The van der Waals surface area contributed by atoms with Gasteiger partial charge in [0.15, 0.2) is 0 Å². The second kappa shape index (κ2) is 6.36. The molecule has 112 valence electrons. The summed E-state index contributed by atoms with van der Waals surface area (Å²) in [5.74, 6) is 1.43. The second-order valence-electron chi connectivity index (χ2n) is 5.25. The van der Waals surface area contributed by atoms with Gasteiger partial charge in [0.05, 0.1) is 6.10 Å². The monoisotopic (exact) mass is 308 g/mol. The highest BCUT2D eigenvalue weighted by Crippen LogP contribution is 2.24. The van der Waals surface area contributed by atoms with Crippen LogP contribution in [0.3, 0.4) is 0 Å². The fourth-order valence-electron chi connectivity index (χ4n) is 2.50. The first kappa shape index (κ1) is 14.2. The lowest BCUT2D eigenvalue weighted by molar-refractivity contribution is 0.111. The maximum absolute atomic E-state index is 9.51. The number of hydrogen-bond donors (Lipinski definition) is 2. The minimum Gasteiger partial charge on any atom is -0.393 e. The third-order valence-corrected chi connectivity index (χ3v) is 3.87. The van der Waals surface area contributed by atoms with E-state index in [0.29, 0.717) is 17.8 Å². The van der Waals surface area contributed by atoms with Crippen molar-refractivity contribution >= 4 is 17.5 Å². The molecule has 0 bridgehead atoms. The minimum absolute atomic E-state index is 0.138. The van der Waals surface area contributed by atoms with Crippen LogP contribution in [-0.4, -0.2) is 42.3 Å². The van der Waals surface area contributed by atoms with E-state index in [1.807, 2.05) is 0 Å². The Morgan fingerprint density at radius 2 is 2.05 bits per heavy atom. The number of nitrogens with zero attached hydrogens (tertiary/aromatic N) is 5. The number of nitrogens with one attached hydrogen (secondary N) is 1. The van der Waals surface area contributed by atoms with E-state index in [4.69, 9.17) is 11.6 Å². The lowest BCUT2D eigenvalue weighted by Gasteiger charge is -2.25. The van der Waals surface area contributed by atoms with Gasteiger partial charge in [-0.3, -0.25) is 4.57 Å². The Labute approximate surface area is 127 Å². The van der Waals surface area contributed by atoms with Gasteiger partial charge < -0.3 is 10.4 Å². The van der Waals surface area contributed by atoms with Crippen LogP contribution in [0.15, 0.2) is 18.7 Å². The van der Waals surface area contributed by atoms with Crippen LogP contribution in [0.25, 0.3) is 5.95 Å². The van der Waals surface area contributed by atoms with Crippen molar-refractivity contribution < 1.29 is 5.11 Å². The van der Waals surface area contributed by atoms with E-state index >= 15 is 0 Å². The zero-order chi connectivity index (χ0) is 14.7. The highest BCUT2D eigenvalue weighted by molar-refractivity contribution is 6.28. The number of hydrogen-bond acceptors (Lipinski definition) is 6. The minimum atomic E-state index is -0.138. The van der Waals surface area contributed by atoms with E-state index in [1.165, 1.54) is 0 Å². The van der Waals surface area contributed by atoms with Crippen molar-refractivity contribution in [3.05, 3.63) is 24.0 Å². The van der Waals surface area contributed by atoms with Crippen LogP contribution in [0.2, 0.25) is 5.28 Å². The highest BCUT2D eigenvalue weighted by Gasteiger charge is 2.19. The average molecular weight is 309 g/mol. The van der Waals surface area contributed by atoms with E-state index in [-0.39, 0.29) is 11.4 Å². The standard InChI is InChI=1S/C13H17ClN6O/c14-11-17-12(16-7-9-1-3-10(21)4-2-9)19-13(18-11)20-6-5-15-8-20/h5-6,8-10,21H,1-4,7H2,(H,16,17,18,19). The number of imidazole rings is 1. The maximum Gasteiger partial charge on any atom is 0.241 e. The SMILES string of the molecule is OC1CCC(CNc2nc(Cl)nc(-n3ccnc3)n2)CC1. The van der Waals surface area contributed by atoms with Gasteiger partial charge in [0, 0.05) is 18.9 Å². The molecule has 1 fully saturated rings. The number of anilines is 1. The van der Waals surface area contributed by atoms with Crippen molar-refractivity contribution in [2.24, 2.45) is 5.92 Å². The molecular formula is C13H17ClN6O. The van der Waals surface area contributed by atoms with Crippen molar-refractivity contribution in [3.8, 4) is 5.95 Å². The predicted octanol–water partition coefficient (Wildman–Crippen LogP) is 1.67. The number of rotatable bonds is 4. The highest BCUT2D eigenvalue weighted by atomic mass is 35.5. The molecular weight excluding hydrogens is 292 g/mol. The molecule has 2 aromatic rings. The summed E-state index contributed by atoms with van der Waals surface area (Å²) in [7, 11) is 0. The summed E-state index contributed by atoms with van der Waals surface area (Å²) in [6, 6.07) is 0. The van der Waals surface area contributed by atoms with Crippen molar-refractivity contribution in [1.29, 1.82) is 0 Å². The fourth-order valence-corrected chi connectivity index (χ4v) is 2.65. The van der Waals surface area contributed by atoms with Crippen LogP contribution in [0.5, 0.6) is 0 Å².